The number of amides is 1. The molecule has 0 aliphatic heterocycles. The van der Waals surface area contributed by atoms with Crippen molar-refractivity contribution in [3.63, 3.8) is 0 Å². The second kappa shape index (κ2) is 4.90. The van der Waals surface area contributed by atoms with E-state index in [9.17, 15) is 9.18 Å². The molecule has 1 N–H and O–H groups in total. The van der Waals surface area contributed by atoms with Gasteiger partial charge in [0.05, 0.1) is 5.56 Å². The molecule has 0 bridgehead atoms. The van der Waals surface area contributed by atoms with Gasteiger partial charge in [-0.15, -0.1) is 0 Å². The van der Waals surface area contributed by atoms with Crippen LogP contribution in [0, 0.1) is 24.1 Å². The highest BCUT2D eigenvalue weighted by atomic mass is 19.1. The Hall–Kier alpha value is -2.68. The molecule has 96 valence electrons. The number of aromatic nitrogens is 2. The van der Waals surface area contributed by atoms with Crippen molar-refractivity contribution < 1.29 is 9.18 Å². The summed E-state index contributed by atoms with van der Waals surface area (Å²) in [4.78, 5) is 11.9. The minimum atomic E-state index is -0.632. The fourth-order valence-corrected chi connectivity index (χ4v) is 1.64. The van der Waals surface area contributed by atoms with Crippen LogP contribution in [0.25, 0.3) is 0 Å². The van der Waals surface area contributed by atoms with E-state index in [-0.39, 0.29) is 16.9 Å². The zero-order chi connectivity index (χ0) is 14.0. The SMILES string of the molecule is Cc1ccc(C(=O)Nc2nn(C)cc2C#N)c(F)c1. The first-order valence-corrected chi connectivity index (χ1v) is 5.52. The van der Waals surface area contributed by atoms with Gasteiger partial charge in [0.15, 0.2) is 5.82 Å². The van der Waals surface area contributed by atoms with Crippen LogP contribution in [-0.4, -0.2) is 15.7 Å². The molecule has 19 heavy (non-hydrogen) atoms. The van der Waals surface area contributed by atoms with Crippen LogP contribution in [0.1, 0.15) is 21.5 Å². The van der Waals surface area contributed by atoms with Gasteiger partial charge < -0.3 is 5.32 Å². The van der Waals surface area contributed by atoms with Crippen molar-refractivity contribution in [2.45, 2.75) is 6.92 Å². The summed E-state index contributed by atoms with van der Waals surface area (Å²) in [5.74, 6) is -1.12. The molecule has 6 heteroatoms. The van der Waals surface area contributed by atoms with Crippen LogP contribution >= 0.6 is 0 Å². The highest BCUT2D eigenvalue weighted by Crippen LogP contribution is 2.15. The highest BCUT2D eigenvalue weighted by molar-refractivity contribution is 6.04. The van der Waals surface area contributed by atoms with E-state index in [2.05, 4.69) is 10.4 Å². The summed E-state index contributed by atoms with van der Waals surface area (Å²) in [5, 5.41) is 15.2. The van der Waals surface area contributed by atoms with Gasteiger partial charge in [0.2, 0.25) is 0 Å². The van der Waals surface area contributed by atoms with Crippen molar-refractivity contribution >= 4 is 11.7 Å². The first kappa shape index (κ1) is 12.8. The van der Waals surface area contributed by atoms with E-state index < -0.39 is 11.7 Å². The number of carbonyl (C=O) groups excluding carboxylic acids is 1. The number of nitriles is 1. The third-order valence-corrected chi connectivity index (χ3v) is 2.55. The van der Waals surface area contributed by atoms with Gasteiger partial charge >= 0.3 is 0 Å². The molecule has 0 saturated heterocycles. The van der Waals surface area contributed by atoms with Crippen LogP contribution in [-0.2, 0) is 7.05 Å². The van der Waals surface area contributed by atoms with Gasteiger partial charge in [-0.1, -0.05) is 6.07 Å². The number of carbonyl (C=O) groups is 1. The monoisotopic (exact) mass is 258 g/mol. The van der Waals surface area contributed by atoms with Gasteiger partial charge in [0, 0.05) is 13.2 Å². The van der Waals surface area contributed by atoms with Gasteiger partial charge in [-0.05, 0) is 24.6 Å². The molecule has 2 rings (SSSR count). The number of nitrogens with one attached hydrogen (secondary N) is 1. The summed E-state index contributed by atoms with van der Waals surface area (Å²) in [6.45, 7) is 1.73. The Morgan fingerprint density at radius 1 is 1.53 bits per heavy atom. The Labute approximate surface area is 109 Å². The lowest BCUT2D eigenvalue weighted by Crippen LogP contribution is -2.15. The quantitative estimate of drug-likeness (QED) is 0.895. The van der Waals surface area contributed by atoms with Crippen molar-refractivity contribution in [3.05, 3.63) is 46.9 Å². The van der Waals surface area contributed by atoms with E-state index >= 15 is 0 Å². The van der Waals surface area contributed by atoms with Crippen LogP contribution in [0.2, 0.25) is 0 Å². The number of aryl methyl sites for hydroxylation is 2. The summed E-state index contributed by atoms with van der Waals surface area (Å²) in [7, 11) is 1.63. The standard InChI is InChI=1S/C13H11FN4O/c1-8-3-4-10(11(14)5-8)13(19)16-12-9(6-15)7-18(2)17-12/h3-5,7H,1-2H3,(H,16,17,19). The van der Waals surface area contributed by atoms with Crippen molar-refractivity contribution in [1.29, 1.82) is 5.26 Å². The van der Waals surface area contributed by atoms with Crippen LogP contribution in [0.3, 0.4) is 0 Å². The summed E-state index contributed by atoms with van der Waals surface area (Å²) in [6, 6.07) is 6.22. The maximum atomic E-state index is 13.6. The summed E-state index contributed by atoms with van der Waals surface area (Å²) >= 11 is 0. The summed E-state index contributed by atoms with van der Waals surface area (Å²) < 4.78 is 15.0. The summed E-state index contributed by atoms with van der Waals surface area (Å²) in [6.07, 6.45) is 1.47. The predicted octanol–water partition coefficient (Wildman–Crippen LogP) is 1.99. The average molecular weight is 258 g/mol. The third kappa shape index (κ3) is 2.60. The normalized spacial score (nSPS) is 10.0. The first-order valence-electron chi connectivity index (χ1n) is 5.52. The minimum absolute atomic E-state index is 0.0832. The Kier molecular flexibility index (Phi) is 3.29. The predicted molar refractivity (Wildman–Crippen MR) is 67.0 cm³/mol. The molecule has 0 saturated carbocycles. The fraction of sp³-hybridized carbons (Fsp3) is 0.154. The first-order chi connectivity index (χ1) is 9.01. The zero-order valence-electron chi connectivity index (χ0n) is 10.4. The lowest BCUT2D eigenvalue weighted by Gasteiger charge is -2.04. The van der Waals surface area contributed by atoms with Gasteiger partial charge in [0.1, 0.15) is 17.4 Å². The number of hydrogen-bond donors (Lipinski definition) is 1. The van der Waals surface area contributed by atoms with Gasteiger partial charge in [0.25, 0.3) is 5.91 Å². The van der Waals surface area contributed by atoms with Gasteiger partial charge in [-0.3, -0.25) is 9.48 Å². The van der Waals surface area contributed by atoms with E-state index in [0.717, 1.165) is 5.56 Å². The molecule has 0 spiro atoms. The maximum Gasteiger partial charge on any atom is 0.259 e. The highest BCUT2D eigenvalue weighted by Gasteiger charge is 2.15. The lowest BCUT2D eigenvalue weighted by molar-refractivity contribution is 0.102. The maximum absolute atomic E-state index is 13.6. The Bertz CT molecular complexity index is 684. The van der Waals surface area contributed by atoms with Crippen LogP contribution in [0.4, 0.5) is 10.2 Å². The van der Waals surface area contributed by atoms with E-state index in [1.165, 1.54) is 23.0 Å². The zero-order valence-corrected chi connectivity index (χ0v) is 10.4. The van der Waals surface area contributed by atoms with E-state index in [1.807, 2.05) is 6.07 Å². The van der Waals surface area contributed by atoms with Crippen molar-refractivity contribution in [2.24, 2.45) is 7.05 Å². The van der Waals surface area contributed by atoms with Crippen LogP contribution in [0.15, 0.2) is 24.4 Å². The number of hydrogen-bond acceptors (Lipinski definition) is 3. The van der Waals surface area contributed by atoms with Crippen LogP contribution in [0.5, 0.6) is 0 Å². The van der Waals surface area contributed by atoms with Gasteiger partial charge in [-0.25, -0.2) is 4.39 Å². The molecule has 1 aromatic carbocycles. The van der Waals surface area contributed by atoms with Crippen molar-refractivity contribution in [3.8, 4) is 6.07 Å². The largest absolute Gasteiger partial charge is 0.304 e. The fourth-order valence-electron chi connectivity index (χ4n) is 1.64. The van der Waals surface area contributed by atoms with Crippen molar-refractivity contribution in [1.82, 2.24) is 9.78 Å². The molecular weight excluding hydrogens is 247 g/mol. The molecule has 0 aliphatic rings. The van der Waals surface area contributed by atoms with E-state index in [1.54, 1.807) is 20.0 Å². The summed E-state index contributed by atoms with van der Waals surface area (Å²) in [5.41, 5.74) is 0.869. The Balaban J connectivity index is 2.28. The smallest absolute Gasteiger partial charge is 0.259 e. The average Bonchev–Trinajstić information content (AvgIpc) is 2.69. The molecule has 5 nitrogen and oxygen atoms in total. The second-order valence-corrected chi connectivity index (χ2v) is 4.11. The molecule has 2 aromatic rings. The molecule has 0 atom stereocenters. The van der Waals surface area contributed by atoms with Gasteiger partial charge in [-0.2, -0.15) is 10.4 Å². The van der Waals surface area contributed by atoms with Crippen molar-refractivity contribution in [2.75, 3.05) is 5.32 Å². The molecule has 0 radical (unpaired) electrons. The molecule has 0 unspecified atom stereocenters. The Morgan fingerprint density at radius 2 is 2.26 bits per heavy atom. The number of anilines is 1. The molecular formula is C13H11FN4O. The molecule has 1 aromatic heterocycles. The molecule has 0 fully saturated rings. The topological polar surface area (TPSA) is 70.7 Å². The number of nitrogens with zero attached hydrogens (tertiary/aromatic N) is 3. The second-order valence-electron chi connectivity index (χ2n) is 4.11. The van der Waals surface area contributed by atoms with E-state index in [0.29, 0.717) is 0 Å². The number of benzene rings is 1. The van der Waals surface area contributed by atoms with E-state index in [4.69, 9.17) is 5.26 Å². The third-order valence-electron chi connectivity index (χ3n) is 2.55. The van der Waals surface area contributed by atoms with Crippen LogP contribution < -0.4 is 5.32 Å². The molecule has 0 aliphatic carbocycles. The number of rotatable bonds is 2. The molecule has 1 heterocycles. The minimum Gasteiger partial charge on any atom is -0.304 e. The lowest BCUT2D eigenvalue weighted by atomic mass is 10.1. The number of halogens is 1. The Morgan fingerprint density at radius 3 is 2.89 bits per heavy atom. The molecule has 1 amide bonds.